The second-order valence-electron chi connectivity index (χ2n) is 7.51. The highest BCUT2D eigenvalue weighted by Gasteiger charge is 2.37. The number of carbonyl (C=O) groups excluding carboxylic acids is 3. The molecule has 2 aromatic carbocycles. The first-order chi connectivity index (χ1) is 15.0. The van der Waals surface area contributed by atoms with Crippen LogP contribution < -0.4 is 10.6 Å². The molecule has 160 valence electrons. The van der Waals surface area contributed by atoms with Gasteiger partial charge in [-0.3, -0.25) is 14.5 Å². The highest BCUT2D eigenvalue weighted by molar-refractivity contribution is 6.31. The monoisotopic (exact) mass is 438 g/mol. The van der Waals surface area contributed by atoms with Crippen LogP contribution in [0, 0.1) is 0 Å². The average molecular weight is 439 g/mol. The maximum atomic E-state index is 12.7. The number of aromatic amines is 1. The largest absolute Gasteiger partial charge is 0.361 e. The van der Waals surface area contributed by atoms with Crippen molar-refractivity contribution >= 4 is 40.3 Å². The molecule has 0 spiro atoms. The van der Waals surface area contributed by atoms with E-state index in [1.807, 2.05) is 48.7 Å². The summed E-state index contributed by atoms with van der Waals surface area (Å²) in [7, 11) is 0. The van der Waals surface area contributed by atoms with E-state index in [1.165, 1.54) is 4.90 Å². The normalized spacial score (nSPS) is 16.0. The highest BCUT2D eigenvalue weighted by atomic mass is 35.5. The lowest BCUT2D eigenvalue weighted by Crippen LogP contribution is -2.33. The number of benzene rings is 2. The Kier molecular flexibility index (Phi) is 6.23. The van der Waals surface area contributed by atoms with Gasteiger partial charge in [0.1, 0.15) is 6.04 Å². The predicted octanol–water partition coefficient (Wildman–Crippen LogP) is 3.38. The van der Waals surface area contributed by atoms with E-state index in [9.17, 15) is 14.4 Å². The summed E-state index contributed by atoms with van der Waals surface area (Å²) in [6.45, 7) is 0.613. The molecule has 0 saturated carbocycles. The lowest BCUT2D eigenvalue weighted by molar-refractivity contribution is -0.127. The van der Waals surface area contributed by atoms with Gasteiger partial charge in [0.15, 0.2) is 0 Å². The Labute approximate surface area is 184 Å². The van der Waals surface area contributed by atoms with E-state index in [1.54, 1.807) is 6.07 Å². The number of nitrogens with one attached hydrogen (secondary N) is 3. The predicted molar refractivity (Wildman–Crippen MR) is 119 cm³/mol. The molecule has 4 amide bonds. The fourth-order valence-electron chi connectivity index (χ4n) is 3.75. The molecular weight excluding hydrogens is 416 g/mol. The molecule has 3 N–H and O–H groups in total. The number of amides is 4. The van der Waals surface area contributed by atoms with Gasteiger partial charge in [0.05, 0.1) is 0 Å². The molecule has 1 saturated heterocycles. The van der Waals surface area contributed by atoms with Crippen LogP contribution in [0.1, 0.15) is 24.0 Å². The van der Waals surface area contributed by atoms with Crippen molar-refractivity contribution < 1.29 is 14.4 Å². The number of nitrogens with zero attached hydrogens (tertiary/aromatic N) is 1. The van der Waals surface area contributed by atoms with Gasteiger partial charge in [0.2, 0.25) is 5.91 Å². The third kappa shape index (κ3) is 4.72. The molecule has 0 unspecified atom stereocenters. The van der Waals surface area contributed by atoms with Gasteiger partial charge < -0.3 is 15.6 Å². The zero-order chi connectivity index (χ0) is 21.8. The number of para-hydroxylation sites is 1. The van der Waals surface area contributed by atoms with Crippen molar-refractivity contribution in [3.63, 3.8) is 0 Å². The van der Waals surface area contributed by atoms with Gasteiger partial charge in [-0.1, -0.05) is 48.0 Å². The lowest BCUT2D eigenvalue weighted by atomic mass is 10.1. The minimum atomic E-state index is -0.679. The van der Waals surface area contributed by atoms with Crippen LogP contribution in [0.15, 0.2) is 54.7 Å². The van der Waals surface area contributed by atoms with Crippen molar-refractivity contribution in [2.24, 2.45) is 0 Å². The first kappa shape index (κ1) is 20.9. The van der Waals surface area contributed by atoms with Crippen LogP contribution in [0.25, 0.3) is 10.9 Å². The molecule has 0 aliphatic carbocycles. The first-order valence-corrected chi connectivity index (χ1v) is 10.6. The number of halogens is 1. The smallest absolute Gasteiger partial charge is 0.324 e. The van der Waals surface area contributed by atoms with E-state index in [0.29, 0.717) is 24.5 Å². The molecule has 8 heteroatoms. The molecule has 1 atom stereocenters. The van der Waals surface area contributed by atoms with Gasteiger partial charge in [-0.2, -0.15) is 0 Å². The molecule has 1 aliphatic rings. The number of urea groups is 1. The molecule has 0 bridgehead atoms. The average Bonchev–Trinajstić information content (AvgIpc) is 3.30. The Morgan fingerprint density at radius 2 is 1.84 bits per heavy atom. The standard InChI is InChI=1S/C23H23ClN4O3/c24-18-7-3-1-5-16(18)14-26-21(29)10-9-20-22(30)28(23(31)27-20)12-11-15-13-25-19-8-4-2-6-17(15)19/h1-8,13,20,25H,9-12,14H2,(H,26,29)(H,27,31)/t20-/m0/s1. The fourth-order valence-corrected chi connectivity index (χ4v) is 3.96. The molecule has 7 nitrogen and oxygen atoms in total. The van der Waals surface area contributed by atoms with Gasteiger partial charge in [0, 0.05) is 41.6 Å². The number of hydrogen-bond acceptors (Lipinski definition) is 3. The molecule has 1 fully saturated rings. The number of aromatic nitrogens is 1. The van der Waals surface area contributed by atoms with Crippen molar-refractivity contribution in [2.45, 2.75) is 31.8 Å². The van der Waals surface area contributed by atoms with E-state index in [-0.39, 0.29) is 24.7 Å². The van der Waals surface area contributed by atoms with Crippen LogP contribution >= 0.6 is 11.6 Å². The number of fused-ring (bicyclic) bond motifs is 1. The maximum Gasteiger partial charge on any atom is 0.324 e. The topological polar surface area (TPSA) is 94.3 Å². The number of imide groups is 1. The Bertz CT molecular complexity index is 1130. The van der Waals surface area contributed by atoms with E-state index >= 15 is 0 Å². The molecule has 1 aromatic heterocycles. The molecule has 31 heavy (non-hydrogen) atoms. The van der Waals surface area contributed by atoms with Gasteiger partial charge in [0.25, 0.3) is 5.91 Å². The van der Waals surface area contributed by atoms with Crippen LogP contribution in [0.5, 0.6) is 0 Å². The summed E-state index contributed by atoms with van der Waals surface area (Å²) in [5.74, 6) is -0.483. The molecule has 4 rings (SSSR count). The summed E-state index contributed by atoms with van der Waals surface area (Å²) in [4.78, 5) is 41.5. The Hall–Kier alpha value is -3.32. The van der Waals surface area contributed by atoms with Crippen molar-refractivity contribution in [3.8, 4) is 0 Å². The minimum absolute atomic E-state index is 0.136. The number of rotatable bonds is 8. The summed E-state index contributed by atoms with van der Waals surface area (Å²) in [5, 5.41) is 7.16. The van der Waals surface area contributed by atoms with E-state index in [4.69, 9.17) is 11.6 Å². The highest BCUT2D eigenvalue weighted by Crippen LogP contribution is 2.20. The Morgan fingerprint density at radius 3 is 2.68 bits per heavy atom. The first-order valence-electron chi connectivity index (χ1n) is 10.2. The second kappa shape index (κ2) is 9.22. The summed E-state index contributed by atoms with van der Waals surface area (Å²) < 4.78 is 0. The zero-order valence-corrected chi connectivity index (χ0v) is 17.6. The van der Waals surface area contributed by atoms with Gasteiger partial charge in [-0.25, -0.2) is 4.79 Å². The summed E-state index contributed by atoms with van der Waals surface area (Å²) in [6, 6.07) is 14.1. The van der Waals surface area contributed by atoms with Crippen LogP contribution in [0.2, 0.25) is 5.02 Å². The van der Waals surface area contributed by atoms with E-state index in [2.05, 4.69) is 15.6 Å². The van der Waals surface area contributed by atoms with Gasteiger partial charge in [-0.05, 0) is 36.1 Å². The summed E-state index contributed by atoms with van der Waals surface area (Å²) in [5.41, 5.74) is 2.90. The molecule has 3 aromatic rings. The van der Waals surface area contributed by atoms with Crippen molar-refractivity contribution in [2.75, 3.05) is 6.54 Å². The zero-order valence-electron chi connectivity index (χ0n) is 16.9. The molecular formula is C23H23ClN4O3. The van der Waals surface area contributed by atoms with Crippen LogP contribution in [-0.4, -0.2) is 40.3 Å². The summed E-state index contributed by atoms with van der Waals surface area (Å²) >= 11 is 6.09. The Morgan fingerprint density at radius 1 is 1.06 bits per heavy atom. The fraction of sp³-hybridized carbons (Fsp3) is 0.261. The van der Waals surface area contributed by atoms with E-state index in [0.717, 1.165) is 22.0 Å². The SMILES string of the molecule is O=C(CC[C@@H]1NC(=O)N(CCc2c[nH]c3ccccc23)C1=O)NCc1ccccc1Cl. The number of H-pyrrole nitrogens is 1. The number of hydrogen-bond donors (Lipinski definition) is 3. The van der Waals surface area contributed by atoms with Crippen molar-refractivity contribution in [1.29, 1.82) is 0 Å². The molecule has 1 aliphatic heterocycles. The minimum Gasteiger partial charge on any atom is -0.361 e. The van der Waals surface area contributed by atoms with Crippen LogP contribution in [0.3, 0.4) is 0 Å². The molecule has 0 radical (unpaired) electrons. The van der Waals surface area contributed by atoms with Crippen LogP contribution in [-0.2, 0) is 22.6 Å². The summed E-state index contributed by atoms with van der Waals surface area (Å²) in [6.07, 6.45) is 2.86. The third-order valence-electron chi connectivity index (χ3n) is 5.48. The number of carbonyl (C=O) groups is 3. The van der Waals surface area contributed by atoms with Crippen molar-refractivity contribution in [1.82, 2.24) is 20.5 Å². The van der Waals surface area contributed by atoms with E-state index < -0.39 is 12.1 Å². The third-order valence-corrected chi connectivity index (χ3v) is 5.85. The quantitative estimate of drug-likeness (QED) is 0.470. The Balaban J connectivity index is 1.27. The van der Waals surface area contributed by atoms with Gasteiger partial charge >= 0.3 is 6.03 Å². The molecule has 2 heterocycles. The van der Waals surface area contributed by atoms with Crippen molar-refractivity contribution in [3.05, 3.63) is 70.9 Å². The second-order valence-corrected chi connectivity index (χ2v) is 7.92. The maximum absolute atomic E-state index is 12.7. The van der Waals surface area contributed by atoms with Gasteiger partial charge in [-0.15, -0.1) is 0 Å². The lowest BCUT2D eigenvalue weighted by Gasteiger charge is -2.13. The van der Waals surface area contributed by atoms with Crippen LogP contribution in [0.4, 0.5) is 4.79 Å².